The molecular weight excluding hydrogens is 165 g/mol. The fraction of sp³-hybridized carbons (Fsp3) is 0.250. The van der Waals surface area contributed by atoms with Gasteiger partial charge in [-0.2, -0.15) is 0 Å². The SMILES string of the molecule is Cc1cc(F)ccc1CN.Cl. The Labute approximate surface area is 71.8 Å². The van der Waals surface area contributed by atoms with E-state index in [9.17, 15) is 4.39 Å². The van der Waals surface area contributed by atoms with Crippen molar-refractivity contribution in [3.8, 4) is 0 Å². The van der Waals surface area contributed by atoms with Crippen LogP contribution in [0.2, 0.25) is 0 Å². The maximum absolute atomic E-state index is 12.4. The van der Waals surface area contributed by atoms with Crippen LogP contribution in [0.15, 0.2) is 18.2 Å². The topological polar surface area (TPSA) is 26.0 Å². The Morgan fingerprint density at radius 2 is 2.09 bits per heavy atom. The number of rotatable bonds is 1. The summed E-state index contributed by atoms with van der Waals surface area (Å²) in [5, 5.41) is 0. The Morgan fingerprint density at radius 3 is 2.55 bits per heavy atom. The molecule has 62 valence electrons. The van der Waals surface area contributed by atoms with Gasteiger partial charge in [0.1, 0.15) is 5.82 Å². The van der Waals surface area contributed by atoms with Gasteiger partial charge in [-0.3, -0.25) is 0 Å². The molecule has 11 heavy (non-hydrogen) atoms. The van der Waals surface area contributed by atoms with Gasteiger partial charge in [-0.25, -0.2) is 4.39 Å². The molecule has 0 aliphatic rings. The van der Waals surface area contributed by atoms with Crippen LogP contribution in [0.5, 0.6) is 0 Å². The summed E-state index contributed by atoms with van der Waals surface area (Å²) in [5.41, 5.74) is 7.30. The molecule has 0 radical (unpaired) electrons. The van der Waals surface area contributed by atoms with Crippen LogP contribution in [0.25, 0.3) is 0 Å². The molecule has 0 amide bonds. The zero-order valence-corrected chi connectivity index (χ0v) is 7.12. The molecule has 0 spiro atoms. The second-order valence-corrected chi connectivity index (χ2v) is 2.27. The van der Waals surface area contributed by atoms with E-state index in [4.69, 9.17) is 5.73 Å². The van der Waals surface area contributed by atoms with Crippen molar-refractivity contribution < 1.29 is 4.39 Å². The zero-order chi connectivity index (χ0) is 7.56. The molecule has 1 aromatic carbocycles. The summed E-state index contributed by atoms with van der Waals surface area (Å²) >= 11 is 0. The molecule has 0 heterocycles. The van der Waals surface area contributed by atoms with Crippen molar-refractivity contribution in [1.82, 2.24) is 0 Å². The molecule has 1 aromatic rings. The van der Waals surface area contributed by atoms with Gasteiger partial charge in [0.15, 0.2) is 0 Å². The van der Waals surface area contributed by atoms with Crippen molar-refractivity contribution in [2.24, 2.45) is 5.73 Å². The van der Waals surface area contributed by atoms with Gasteiger partial charge in [0.25, 0.3) is 0 Å². The Balaban J connectivity index is 0.000001000. The van der Waals surface area contributed by atoms with Crippen molar-refractivity contribution in [3.05, 3.63) is 35.1 Å². The van der Waals surface area contributed by atoms with Crippen LogP contribution in [-0.4, -0.2) is 0 Å². The van der Waals surface area contributed by atoms with E-state index >= 15 is 0 Å². The molecule has 0 fully saturated rings. The minimum Gasteiger partial charge on any atom is -0.326 e. The molecule has 0 aliphatic heterocycles. The standard InChI is InChI=1S/C8H10FN.ClH/c1-6-4-8(9)3-2-7(6)5-10;/h2-4H,5,10H2,1H3;1H. The molecule has 0 saturated heterocycles. The highest BCUT2D eigenvalue weighted by Crippen LogP contribution is 2.08. The van der Waals surface area contributed by atoms with Gasteiger partial charge < -0.3 is 5.73 Å². The van der Waals surface area contributed by atoms with Crippen molar-refractivity contribution in [2.45, 2.75) is 13.5 Å². The van der Waals surface area contributed by atoms with Crippen molar-refractivity contribution in [2.75, 3.05) is 0 Å². The maximum atomic E-state index is 12.4. The third-order valence-corrected chi connectivity index (χ3v) is 1.52. The summed E-state index contributed by atoms with van der Waals surface area (Å²) < 4.78 is 12.4. The zero-order valence-electron chi connectivity index (χ0n) is 6.30. The lowest BCUT2D eigenvalue weighted by Crippen LogP contribution is -1.98. The Kier molecular flexibility index (Phi) is 4.08. The minimum atomic E-state index is -0.199. The van der Waals surface area contributed by atoms with Crippen LogP contribution >= 0.6 is 12.4 Å². The number of aryl methyl sites for hydroxylation is 1. The first-order valence-corrected chi connectivity index (χ1v) is 3.19. The number of benzene rings is 1. The van der Waals surface area contributed by atoms with Gasteiger partial charge >= 0.3 is 0 Å². The largest absolute Gasteiger partial charge is 0.326 e. The molecule has 1 nitrogen and oxygen atoms in total. The summed E-state index contributed by atoms with van der Waals surface area (Å²) in [5.74, 6) is -0.199. The summed E-state index contributed by atoms with van der Waals surface area (Å²) in [6, 6.07) is 4.63. The number of hydrogen-bond donors (Lipinski definition) is 1. The summed E-state index contributed by atoms with van der Waals surface area (Å²) in [4.78, 5) is 0. The second-order valence-electron chi connectivity index (χ2n) is 2.27. The predicted molar refractivity (Wildman–Crippen MR) is 46.3 cm³/mol. The van der Waals surface area contributed by atoms with Gasteiger partial charge in [-0.1, -0.05) is 6.07 Å². The van der Waals surface area contributed by atoms with E-state index in [1.807, 2.05) is 6.92 Å². The number of halogens is 2. The van der Waals surface area contributed by atoms with Crippen molar-refractivity contribution in [1.29, 1.82) is 0 Å². The molecular formula is C8H11ClFN. The third-order valence-electron chi connectivity index (χ3n) is 1.52. The Hall–Kier alpha value is -0.600. The molecule has 0 aromatic heterocycles. The van der Waals surface area contributed by atoms with E-state index < -0.39 is 0 Å². The van der Waals surface area contributed by atoms with Gasteiger partial charge in [-0.05, 0) is 30.2 Å². The molecule has 0 aliphatic carbocycles. The summed E-state index contributed by atoms with van der Waals surface area (Å²) in [6.07, 6.45) is 0. The average Bonchev–Trinajstić information content (AvgIpc) is 1.88. The van der Waals surface area contributed by atoms with Crippen molar-refractivity contribution >= 4 is 12.4 Å². The first-order valence-electron chi connectivity index (χ1n) is 3.19. The van der Waals surface area contributed by atoms with E-state index in [0.29, 0.717) is 6.54 Å². The quantitative estimate of drug-likeness (QED) is 0.695. The van der Waals surface area contributed by atoms with E-state index in [2.05, 4.69) is 0 Å². The number of nitrogens with two attached hydrogens (primary N) is 1. The summed E-state index contributed by atoms with van der Waals surface area (Å²) in [7, 11) is 0. The van der Waals surface area contributed by atoms with E-state index in [1.165, 1.54) is 12.1 Å². The van der Waals surface area contributed by atoms with E-state index in [-0.39, 0.29) is 18.2 Å². The van der Waals surface area contributed by atoms with Gasteiger partial charge in [-0.15, -0.1) is 12.4 Å². The second kappa shape index (κ2) is 4.31. The van der Waals surface area contributed by atoms with Crippen LogP contribution < -0.4 is 5.73 Å². The molecule has 0 atom stereocenters. The van der Waals surface area contributed by atoms with E-state index in [0.717, 1.165) is 11.1 Å². The van der Waals surface area contributed by atoms with Crippen molar-refractivity contribution in [3.63, 3.8) is 0 Å². The van der Waals surface area contributed by atoms with E-state index in [1.54, 1.807) is 6.07 Å². The molecule has 3 heteroatoms. The third kappa shape index (κ3) is 2.48. The van der Waals surface area contributed by atoms with Crippen LogP contribution in [0, 0.1) is 12.7 Å². The fourth-order valence-electron chi connectivity index (χ4n) is 0.888. The molecule has 1 rings (SSSR count). The lowest BCUT2D eigenvalue weighted by atomic mass is 10.1. The minimum absolute atomic E-state index is 0. The first-order chi connectivity index (χ1) is 4.74. The molecule has 0 saturated carbocycles. The lowest BCUT2D eigenvalue weighted by molar-refractivity contribution is 0.625. The van der Waals surface area contributed by atoms with Crippen LogP contribution in [0.1, 0.15) is 11.1 Å². The maximum Gasteiger partial charge on any atom is 0.123 e. The molecule has 0 bridgehead atoms. The Bertz CT molecular complexity index is 238. The lowest BCUT2D eigenvalue weighted by Gasteiger charge is -2.00. The monoisotopic (exact) mass is 175 g/mol. The van der Waals surface area contributed by atoms with Crippen LogP contribution in [0.4, 0.5) is 4.39 Å². The van der Waals surface area contributed by atoms with Gasteiger partial charge in [0.05, 0.1) is 0 Å². The Morgan fingerprint density at radius 1 is 1.45 bits per heavy atom. The number of hydrogen-bond acceptors (Lipinski definition) is 1. The summed E-state index contributed by atoms with van der Waals surface area (Å²) in [6.45, 7) is 2.33. The normalized spacial score (nSPS) is 9.00. The highest BCUT2D eigenvalue weighted by molar-refractivity contribution is 5.85. The highest BCUT2D eigenvalue weighted by atomic mass is 35.5. The average molecular weight is 176 g/mol. The van der Waals surface area contributed by atoms with Gasteiger partial charge in [0, 0.05) is 6.54 Å². The first kappa shape index (κ1) is 10.4. The smallest absolute Gasteiger partial charge is 0.123 e. The predicted octanol–water partition coefficient (Wildman–Crippen LogP) is 2.01. The molecule has 2 N–H and O–H groups in total. The fourth-order valence-corrected chi connectivity index (χ4v) is 0.888. The van der Waals surface area contributed by atoms with Crippen LogP contribution in [0.3, 0.4) is 0 Å². The molecule has 0 unspecified atom stereocenters. The highest BCUT2D eigenvalue weighted by Gasteiger charge is 1.95. The van der Waals surface area contributed by atoms with Gasteiger partial charge in [0.2, 0.25) is 0 Å². The van der Waals surface area contributed by atoms with Crippen LogP contribution in [-0.2, 0) is 6.54 Å².